The quantitative estimate of drug-likeness (QED) is 0.871. The van der Waals surface area contributed by atoms with Crippen LogP contribution in [0.2, 0.25) is 0 Å². The van der Waals surface area contributed by atoms with Gasteiger partial charge in [-0.2, -0.15) is 0 Å². The van der Waals surface area contributed by atoms with Crippen LogP contribution in [0.4, 0.5) is 0 Å². The maximum atomic E-state index is 12.4. The monoisotopic (exact) mass is 312 g/mol. The summed E-state index contributed by atoms with van der Waals surface area (Å²) in [5.74, 6) is -0.0422. The van der Waals surface area contributed by atoms with Gasteiger partial charge in [0.05, 0.1) is 6.10 Å². The predicted molar refractivity (Wildman–Crippen MR) is 72.3 cm³/mol. The van der Waals surface area contributed by atoms with Crippen LogP contribution in [-0.2, 0) is 0 Å². The number of aromatic nitrogens is 1. The van der Waals surface area contributed by atoms with Gasteiger partial charge < -0.3 is 10.0 Å². The van der Waals surface area contributed by atoms with Crippen molar-refractivity contribution in [2.45, 2.75) is 38.3 Å². The third kappa shape index (κ3) is 3.09. The Morgan fingerprint density at radius 3 is 3.11 bits per heavy atom. The highest BCUT2D eigenvalue weighted by Crippen LogP contribution is 2.23. The molecule has 0 spiro atoms. The lowest BCUT2D eigenvalue weighted by molar-refractivity contribution is 0.0676. The minimum Gasteiger partial charge on any atom is -0.393 e. The lowest BCUT2D eigenvalue weighted by Crippen LogP contribution is -2.37. The van der Waals surface area contributed by atoms with Crippen LogP contribution in [0.1, 0.15) is 36.7 Å². The average molecular weight is 313 g/mol. The second-order valence-corrected chi connectivity index (χ2v) is 5.54. The number of likely N-dealkylation sites (tertiary alicyclic amines) is 1. The van der Waals surface area contributed by atoms with Crippen LogP contribution in [0.25, 0.3) is 0 Å². The first-order valence-electron chi connectivity index (χ1n) is 6.19. The molecule has 2 rings (SSSR count). The van der Waals surface area contributed by atoms with Crippen LogP contribution in [0.3, 0.4) is 0 Å². The van der Waals surface area contributed by atoms with E-state index in [-0.39, 0.29) is 18.1 Å². The third-order valence-electron chi connectivity index (χ3n) is 3.19. The minimum absolute atomic E-state index is 0.0422. The molecule has 1 saturated heterocycles. The topological polar surface area (TPSA) is 53.4 Å². The molecule has 0 aliphatic carbocycles. The molecule has 0 aromatic carbocycles. The first-order valence-corrected chi connectivity index (χ1v) is 6.99. The van der Waals surface area contributed by atoms with Gasteiger partial charge in [-0.25, -0.2) is 4.98 Å². The maximum Gasteiger partial charge on any atom is 0.272 e. The first kappa shape index (κ1) is 13.5. The molecule has 1 amide bonds. The zero-order valence-electron chi connectivity index (χ0n) is 10.3. The maximum absolute atomic E-state index is 12.4. The summed E-state index contributed by atoms with van der Waals surface area (Å²) in [5.41, 5.74) is 0.460. The SMILES string of the molecule is CC(O)CC1CCCN1C(=O)c1cccc(Br)n1. The Labute approximate surface area is 115 Å². The van der Waals surface area contributed by atoms with Gasteiger partial charge in [-0.05, 0) is 54.2 Å². The molecule has 0 saturated carbocycles. The van der Waals surface area contributed by atoms with E-state index in [2.05, 4.69) is 20.9 Å². The van der Waals surface area contributed by atoms with E-state index in [1.807, 2.05) is 11.0 Å². The standard InChI is InChI=1S/C13H17BrN2O2/c1-9(17)8-10-4-3-7-16(10)13(18)11-5-2-6-12(14)15-11/h2,5-6,9-10,17H,3-4,7-8H2,1H3. The summed E-state index contributed by atoms with van der Waals surface area (Å²) in [6.07, 6.45) is 2.22. The van der Waals surface area contributed by atoms with Crippen molar-refractivity contribution in [3.8, 4) is 0 Å². The van der Waals surface area contributed by atoms with Crippen molar-refractivity contribution in [2.75, 3.05) is 6.54 Å². The molecular formula is C13H17BrN2O2. The number of rotatable bonds is 3. The van der Waals surface area contributed by atoms with Gasteiger partial charge in [0.1, 0.15) is 10.3 Å². The minimum atomic E-state index is -0.376. The number of hydrogen-bond donors (Lipinski definition) is 1. The number of aliphatic hydroxyl groups excluding tert-OH is 1. The van der Waals surface area contributed by atoms with Crippen LogP contribution >= 0.6 is 15.9 Å². The van der Waals surface area contributed by atoms with Crippen molar-refractivity contribution in [1.29, 1.82) is 0 Å². The van der Waals surface area contributed by atoms with E-state index >= 15 is 0 Å². The number of pyridine rings is 1. The molecule has 5 heteroatoms. The molecule has 4 nitrogen and oxygen atoms in total. The number of carbonyl (C=O) groups is 1. The van der Waals surface area contributed by atoms with Crippen molar-refractivity contribution in [3.05, 3.63) is 28.5 Å². The fourth-order valence-electron chi connectivity index (χ4n) is 2.42. The summed E-state index contributed by atoms with van der Waals surface area (Å²) in [6.45, 7) is 2.52. The summed E-state index contributed by atoms with van der Waals surface area (Å²) in [5, 5.41) is 9.47. The Kier molecular flexibility index (Phi) is 4.35. The highest BCUT2D eigenvalue weighted by molar-refractivity contribution is 9.10. The summed E-state index contributed by atoms with van der Waals surface area (Å²) < 4.78 is 0.666. The largest absolute Gasteiger partial charge is 0.393 e. The molecule has 98 valence electrons. The molecular weight excluding hydrogens is 296 g/mol. The Hall–Kier alpha value is -0.940. The molecule has 18 heavy (non-hydrogen) atoms. The lowest BCUT2D eigenvalue weighted by atomic mass is 10.1. The van der Waals surface area contributed by atoms with Gasteiger partial charge in [0, 0.05) is 12.6 Å². The number of hydrogen-bond acceptors (Lipinski definition) is 3. The van der Waals surface area contributed by atoms with Crippen molar-refractivity contribution in [1.82, 2.24) is 9.88 Å². The molecule has 2 atom stereocenters. The van der Waals surface area contributed by atoms with Crippen molar-refractivity contribution in [2.24, 2.45) is 0 Å². The van der Waals surface area contributed by atoms with Crippen LogP contribution in [0.15, 0.2) is 22.8 Å². The lowest BCUT2D eigenvalue weighted by Gasteiger charge is -2.25. The molecule has 2 heterocycles. The van der Waals surface area contributed by atoms with E-state index < -0.39 is 0 Å². The molecule has 1 aliphatic rings. The van der Waals surface area contributed by atoms with E-state index in [1.54, 1.807) is 19.1 Å². The number of nitrogens with zero attached hydrogens (tertiary/aromatic N) is 2. The van der Waals surface area contributed by atoms with Gasteiger partial charge in [0.2, 0.25) is 0 Å². The van der Waals surface area contributed by atoms with E-state index in [0.29, 0.717) is 16.7 Å². The highest BCUT2D eigenvalue weighted by atomic mass is 79.9. The Morgan fingerprint density at radius 2 is 2.44 bits per heavy atom. The second-order valence-electron chi connectivity index (χ2n) is 4.72. The number of carbonyl (C=O) groups excluding carboxylic acids is 1. The summed E-state index contributed by atoms with van der Waals surface area (Å²) in [7, 11) is 0. The van der Waals surface area contributed by atoms with E-state index in [9.17, 15) is 9.90 Å². The predicted octanol–water partition coefficient (Wildman–Crippen LogP) is 2.22. The zero-order valence-corrected chi connectivity index (χ0v) is 11.9. The second kappa shape index (κ2) is 5.80. The van der Waals surface area contributed by atoms with E-state index in [1.165, 1.54) is 0 Å². The Morgan fingerprint density at radius 1 is 1.67 bits per heavy atom. The molecule has 1 fully saturated rings. The van der Waals surface area contributed by atoms with Crippen molar-refractivity contribution < 1.29 is 9.90 Å². The average Bonchev–Trinajstić information content (AvgIpc) is 2.75. The number of aliphatic hydroxyl groups is 1. The summed E-state index contributed by atoms with van der Waals surface area (Å²) in [4.78, 5) is 18.4. The molecule has 2 unspecified atom stereocenters. The van der Waals surface area contributed by atoms with Crippen LogP contribution in [0, 0.1) is 0 Å². The molecule has 1 N–H and O–H groups in total. The summed E-state index contributed by atoms with van der Waals surface area (Å²) in [6, 6.07) is 5.47. The Balaban J connectivity index is 2.12. The van der Waals surface area contributed by atoms with Gasteiger partial charge in [-0.15, -0.1) is 0 Å². The Bertz CT molecular complexity index is 437. The van der Waals surface area contributed by atoms with E-state index in [4.69, 9.17) is 0 Å². The van der Waals surface area contributed by atoms with Crippen LogP contribution < -0.4 is 0 Å². The molecule has 1 aromatic heterocycles. The van der Waals surface area contributed by atoms with Crippen molar-refractivity contribution in [3.63, 3.8) is 0 Å². The van der Waals surface area contributed by atoms with Gasteiger partial charge >= 0.3 is 0 Å². The molecule has 0 bridgehead atoms. The fourth-order valence-corrected chi connectivity index (χ4v) is 2.76. The first-order chi connectivity index (χ1) is 8.58. The van der Waals surface area contributed by atoms with Gasteiger partial charge in [0.25, 0.3) is 5.91 Å². The van der Waals surface area contributed by atoms with Crippen LogP contribution in [-0.4, -0.2) is 39.6 Å². The molecule has 1 aliphatic heterocycles. The van der Waals surface area contributed by atoms with Gasteiger partial charge in [-0.1, -0.05) is 6.07 Å². The normalized spacial score (nSPS) is 21.1. The zero-order chi connectivity index (χ0) is 13.1. The third-order valence-corrected chi connectivity index (χ3v) is 3.63. The fraction of sp³-hybridized carbons (Fsp3) is 0.538. The van der Waals surface area contributed by atoms with E-state index in [0.717, 1.165) is 19.4 Å². The smallest absolute Gasteiger partial charge is 0.272 e. The molecule has 1 aromatic rings. The van der Waals surface area contributed by atoms with Crippen LogP contribution in [0.5, 0.6) is 0 Å². The van der Waals surface area contributed by atoms with Gasteiger partial charge in [0.15, 0.2) is 0 Å². The molecule has 0 radical (unpaired) electrons. The highest BCUT2D eigenvalue weighted by Gasteiger charge is 2.30. The van der Waals surface area contributed by atoms with Gasteiger partial charge in [-0.3, -0.25) is 4.79 Å². The van der Waals surface area contributed by atoms with Crippen molar-refractivity contribution >= 4 is 21.8 Å². The number of amides is 1. The summed E-state index contributed by atoms with van der Waals surface area (Å²) >= 11 is 3.27. The number of halogens is 1.